The lowest BCUT2D eigenvalue weighted by atomic mass is 9.98. The van der Waals surface area contributed by atoms with Gasteiger partial charge in [-0.1, -0.05) is 37.3 Å². The summed E-state index contributed by atoms with van der Waals surface area (Å²) in [5.41, 5.74) is -0.0319. The predicted molar refractivity (Wildman–Crippen MR) is 130 cm³/mol. The Kier molecular flexibility index (Phi) is 8.25. The Balaban J connectivity index is 1.47. The average Bonchev–Trinajstić information content (AvgIpc) is 2.99. The minimum absolute atomic E-state index is 0.00680. The van der Waals surface area contributed by atoms with Crippen LogP contribution in [-0.2, 0) is 16.1 Å². The summed E-state index contributed by atoms with van der Waals surface area (Å²) in [4.78, 5) is 38.2. The molecule has 2 amide bonds. The van der Waals surface area contributed by atoms with E-state index in [4.69, 9.17) is 16.3 Å². The number of ether oxygens (including phenoxy) is 1. The van der Waals surface area contributed by atoms with Crippen molar-refractivity contribution in [2.75, 3.05) is 19.8 Å². The Morgan fingerprint density at radius 3 is 2.60 bits per heavy atom. The third kappa shape index (κ3) is 6.12. The van der Waals surface area contributed by atoms with Crippen molar-refractivity contribution in [2.45, 2.75) is 58.2 Å². The molecule has 1 saturated heterocycles. The first-order chi connectivity index (χ1) is 16.8. The van der Waals surface area contributed by atoms with Crippen LogP contribution in [0.15, 0.2) is 23.0 Å². The predicted octanol–water partition coefficient (Wildman–Crippen LogP) is 1.78. The molecule has 190 valence electrons. The number of aryl methyl sites for hydroxylation is 1. The zero-order valence-corrected chi connectivity index (χ0v) is 20.6. The molecule has 0 spiro atoms. The molecule has 1 atom stereocenters. The van der Waals surface area contributed by atoms with Crippen molar-refractivity contribution in [3.05, 3.63) is 45.1 Å². The first-order valence-electron chi connectivity index (χ1n) is 12.1. The number of aliphatic hydroxyl groups excluding tert-OH is 1. The van der Waals surface area contributed by atoms with E-state index in [2.05, 4.69) is 15.7 Å². The van der Waals surface area contributed by atoms with Gasteiger partial charge in [-0.3, -0.25) is 14.2 Å². The van der Waals surface area contributed by atoms with E-state index in [9.17, 15) is 19.5 Å². The minimum Gasteiger partial charge on any atom is -0.381 e. The number of nitrogens with zero attached hydrogens (tertiary/aromatic N) is 3. The van der Waals surface area contributed by atoms with E-state index >= 15 is 0 Å². The molecule has 1 aromatic carbocycles. The van der Waals surface area contributed by atoms with Crippen molar-refractivity contribution in [1.82, 2.24) is 25.0 Å². The lowest BCUT2D eigenvalue weighted by Gasteiger charge is -2.25. The molecule has 0 radical (unpaired) electrons. The summed E-state index contributed by atoms with van der Waals surface area (Å²) >= 11 is 6.28. The molecule has 10 nitrogen and oxygen atoms in total. The SMILES string of the molecule is Cc1nn(-c2ccc(Cl)c(C(=O)NC(O)C3CCCCCC3)c2)c(=O)n1CC(=O)NCC1COC1. The van der Waals surface area contributed by atoms with Crippen LogP contribution in [0.25, 0.3) is 5.69 Å². The van der Waals surface area contributed by atoms with Crippen LogP contribution in [0.4, 0.5) is 0 Å². The average molecular weight is 506 g/mol. The van der Waals surface area contributed by atoms with E-state index in [0.717, 1.165) is 43.2 Å². The number of rotatable bonds is 8. The second-order valence-electron chi connectivity index (χ2n) is 9.37. The molecule has 35 heavy (non-hydrogen) atoms. The lowest BCUT2D eigenvalue weighted by molar-refractivity contribution is -0.122. The highest BCUT2D eigenvalue weighted by atomic mass is 35.5. The fourth-order valence-corrected chi connectivity index (χ4v) is 4.68. The van der Waals surface area contributed by atoms with Crippen molar-refractivity contribution < 1.29 is 19.4 Å². The zero-order chi connectivity index (χ0) is 24.9. The summed E-state index contributed by atoms with van der Waals surface area (Å²) in [5, 5.41) is 20.5. The maximum absolute atomic E-state index is 13.0. The third-order valence-corrected chi connectivity index (χ3v) is 7.04. The summed E-state index contributed by atoms with van der Waals surface area (Å²) in [7, 11) is 0. The molecule has 1 aliphatic heterocycles. The van der Waals surface area contributed by atoms with Gasteiger partial charge in [0.2, 0.25) is 5.91 Å². The molecule has 2 aliphatic rings. The Hall–Kier alpha value is -2.69. The maximum atomic E-state index is 13.0. The Morgan fingerprint density at radius 2 is 1.94 bits per heavy atom. The van der Waals surface area contributed by atoms with Gasteiger partial charge in [0, 0.05) is 18.4 Å². The van der Waals surface area contributed by atoms with Gasteiger partial charge in [-0.15, -0.1) is 0 Å². The monoisotopic (exact) mass is 505 g/mol. The number of hydrogen-bond donors (Lipinski definition) is 3. The highest BCUT2D eigenvalue weighted by Crippen LogP contribution is 2.25. The van der Waals surface area contributed by atoms with Crippen LogP contribution in [0.3, 0.4) is 0 Å². The fraction of sp³-hybridized carbons (Fsp3) is 0.583. The number of halogens is 1. The maximum Gasteiger partial charge on any atom is 0.351 e. The molecule has 2 fully saturated rings. The summed E-state index contributed by atoms with van der Waals surface area (Å²) in [5.74, 6) is -0.129. The molecule has 1 saturated carbocycles. The molecule has 2 heterocycles. The van der Waals surface area contributed by atoms with Gasteiger partial charge in [0.05, 0.1) is 29.5 Å². The van der Waals surface area contributed by atoms with E-state index in [0.29, 0.717) is 37.2 Å². The Bertz CT molecular complexity index is 1120. The van der Waals surface area contributed by atoms with E-state index in [1.54, 1.807) is 13.0 Å². The smallest absolute Gasteiger partial charge is 0.351 e. The van der Waals surface area contributed by atoms with Gasteiger partial charge in [0.15, 0.2) is 0 Å². The van der Waals surface area contributed by atoms with Crippen molar-refractivity contribution in [3.63, 3.8) is 0 Å². The van der Waals surface area contributed by atoms with Crippen LogP contribution < -0.4 is 16.3 Å². The van der Waals surface area contributed by atoms with Gasteiger partial charge in [-0.05, 0) is 38.0 Å². The molecule has 1 unspecified atom stereocenters. The molecule has 11 heteroatoms. The molecule has 1 aromatic heterocycles. The number of aromatic nitrogens is 3. The van der Waals surface area contributed by atoms with Crippen molar-refractivity contribution >= 4 is 23.4 Å². The highest BCUT2D eigenvalue weighted by Gasteiger charge is 2.24. The van der Waals surface area contributed by atoms with Gasteiger partial charge in [-0.25, -0.2) is 4.79 Å². The number of carbonyl (C=O) groups excluding carboxylic acids is 2. The number of benzene rings is 1. The summed E-state index contributed by atoms with van der Waals surface area (Å²) < 4.78 is 7.51. The molecule has 2 aromatic rings. The zero-order valence-electron chi connectivity index (χ0n) is 19.8. The van der Waals surface area contributed by atoms with Crippen LogP contribution in [0.2, 0.25) is 5.02 Å². The van der Waals surface area contributed by atoms with Crippen molar-refractivity contribution in [1.29, 1.82) is 0 Å². The Labute approximate surface area is 208 Å². The van der Waals surface area contributed by atoms with Gasteiger partial charge in [0.25, 0.3) is 5.91 Å². The number of carbonyl (C=O) groups is 2. The number of amides is 2. The molecule has 0 bridgehead atoms. The Morgan fingerprint density at radius 1 is 1.23 bits per heavy atom. The van der Waals surface area contributed by atoms with Crippen LogP contribution in [-0.4, -0.2) is 57.3 Å². The molecule has 1 aliphatic carbocycles. The summed E-state index contributed by atoms with van der Waals surface area (Å²) in [6.45, 7) is 3.23. The minimum atomic E-state index is -0.963. The quantitative estimate of drug-likeness (QED) is 0.370. The summed E-state index contributed by atoms with van der Waals surface area (Å²) in [6.07, 6.45) is 5.12. The van der Waals surface area contributed by atoms with Crippen LogP contribution in [0.5, 0.6) is 0 Å². The van der Waals surface area contributed by atoms with E-state index in [1.807, 2.05) is 0 Å². The second kappa shape index (κ2) is 11.4. The third-order valence-electron chi connectivity index (χ3n) is 6.71. The van der Waals surface area contributed by atoms with Gasteiger partial charge in [-0.2, -0.15) is 9.78 Å². The van der Waals surface area contributed by atoms with Crippen molar-refractivity contribution in [2.24, 2.45) is 11.8 Å². The second-order valence-corrected chi connectivity index (χ2v) is 9.78. The van der Waals surface area contributed by atoms with E-state index in [-0.39, 0.29) is 29.0 Å². The van der Waals surface area contributed by atoms with E-state index < -0.39 is 17.8 Å². The largest absolute Gasteiger partial charge is 0.381 e. The van der Waals surface area contributed by atoms with Gasteiger partial charge in [0.1, 0.15) is 18.6 Å². The number of aliphatic hydroxyl groups is 1. The lowest BCUT2D eigenvalue weighted by Crippen LogP contribution is -2.41. The van der Waals surface area contributed by atoms with Crippen LogP contribution >= 0.6 is 11.6 Å². The molecular weight excluding hydrogens is 474 g/mol. The molecular formula is C24H32ClN5O5. The molecule has 4 rings (SSSR count). The summed E-state index contributed by atoms with van der Waals surface area (Å²) in [6, 6.07) is 4.56. The van der Waals surface area contributed by atoms with Crippen molar-refractivity contribution in [3.8, 4) is 5.69 Å². The van der Waals surface area contributed by atoms with Crippen LogP contribution in [0, 0.1) is 18.8 Å². The van der Waals surface area contributed by atoms with Gasteiger partial charge < -0.3 is 20.5 Å². The molecule has 3 N–H and O–H groups in total. The number of hydrogen-bond acceptors (Lipinski definition) is 6. The highest BCUT2D eigenvalue weighted by molar-refractivity contribution is 6.33. The van der Waals surface area contributed by atoms with Gasteiger partial charge >= 0.3 is 5.69 Å². The topological polar surface area (TPSA) is 127 Å². The first kappa shape index (κ1) is 25.4. The number of nitrogens with one attached hydrogen (secondary N) is 2. The van der Waals surface area contributed by atoms with Crippen LogP contribution in [0.1, 0.15) is 54.7 Å². The first-order valence-corrected chi connectivity index (χ1v) is 12.5. The normalized spacial score (nSPS) is 17.9. The van der Waals surface area contributed by atoms with E-state index in [1.165, 1.54) is 16.7 Å². The fourth-order valence-electron chi connectivity index (χ4n) is 4.48. The standard InChI is InChI=1S/C24H32ClN5O5/c1-15-28-30(24(34)29(15)12-21(31)26-11-16-13-35-14-16)18-8-9-20(25)19(10-18)23(33)27-22(32)17-6-4-2-3-5-7-17/h8-10,16-17,22,32H,2-7,11-14H2,1H3,(H,26,31)(H,27,33).